The molecule has 0 N–H and O–H groups in total. The van der Waals surface area contributed by atoms with Crippen molar-refractivity contribution < 1.29 is 36.6 Å². The van der Waals surface area contributed by atoms with E-state index in [1.165, 1.54) is 0 Å². The minimum Gasteiger partial charge on any atom is -0.550 e. The molecule has 2 atom stereocenters. The first-order valence-electron chi connectivity index (χ1n) is 4.78. The van der Waals surface area contributed by atoms with E-state index >= 15 is 0 Å². The zero-order valence-corrected chi connectivity index (χ0v) is 10.6. The standard InChI is InChI=1S/2C5H10O2.Co/c2*1-3-4(2)5(6)7;/h2*4H,3H2,1-2H3,(H,6,7);/q;;+2/p-2/t2*4-;/m11./s1. The Morgan fingerprint density at radius 2 is 1.13 bits per heavy atom. The molecule has 1 radical (unpaired) electrons. The number of carboxylic acids is 2. The first-order valence-corrected chi connectivity index (χ1v) is 4.78. The fourth-order valence-electron chi connectivity index (χ4n) is 0.333. The quantitative estimate of drug-likeness (QED) is 0.687. The van der Waals surface area contributed by atoms with Crippen molar-refractivity contribution in [2.75, 3.05) is 0 Å². The van der Waals surface area contributed by atoms with Crippen LogP contribution >= 0.6 is 0 Å². The predicted molar refractivity (Wildman–Crippen MR) is 48.9 cm³/mol. The number of rotatable bonds is 4. The molecule has 4 nitrogen and oxygen atoms in total. The van der Waals surface area contributed by atoms with Gasteiger partial charge in [-0.1, -0.05) is 27.7 Å². The number of hydrogen-bond donors (Lipinski definition) is 0. The van der Waals surface area contributed by atoms with Crippen LogP contribution in [0, 0.1) is 11.8 Å². The summed E-state index contributed by atoms with van der Waals surface area (Å²) in [6, 6.07) is 0. The Labute approximate surface area is 101 Å². The molecule has 15 heavy (non-hydrogen) atoms. The second-order valence-corrected chi connectivity index (χ2v) is 3.26. The average molecular weight is 261 g/mol. The number of aliphatic carboxylic acids is 2. The van der Waals surface area contributed by atoms with E-state index in [4.69, 9.17) is 0 Å². The second kappa shape index (κ2) is 11.5. The van der Waals surface area contributed by atoms with Gasteiger partial charge >= 0.3 is 16.8 Å². The molecule has 5 heteroatoms. The summed E-state index contributed by atoms with van der Waals surface area (Å²) in [7, 11) is 0. The maximum atomic E-state index is 9.82. The molecular formula is C10H18CoO4. The van der Waals surface area contributed by atoms with Gasteiger partial charge in [-0.2, -0.15) is 0 Å². The van der Waals surface area contributed by atoms with Crippen molar-refractivity contribution >= 4 is 11.9 Å². The Bertz CT molecular complexity index is 162. The van der Waals surface area contributed by atoms with Crippen molar-refractivity contribution in [2.24, 2.45) is 11.8 Å². The molecule has 0 aliphatic rings. The van der Waals surface area contributed by atoms with Gasteiger partial charge in [0.25, 0.3) is 0 Å². The molecule has 0 fully saturated rings. The zero-order chi connectivity index (χ0) is 11.7. The largest absolute Gasteiger partial charge is 2.00 e. The molecule has 0 aliphatic heterocycles. The van der Waals surface area contributed by atoms with E-state index in [-0.39, 0.29) is 28.6 Å². The number of carbonyl (C=O) groups is 2. The fourth-order valence-corrected chi connectivity index (χ4v) is 0.333. The van der Waals surface area contributed by atoms with Gasteiger partial charge in [-0.15, -0.1) is 0 Å². The van der Waals surface area contributed by atoms with E-state index in [0.29, 0.717) is 12.8 Å². The van der Waals surface area contributed by atoms with Gasteiger partial charge in [0.05, 0.1) is 0 Å². The van der Waals surface area contributed by atoms with Crippen LogP contribution in [0.1, 0.15) is 40.5 Å². The summed E-state index contributed by atoms with van der Waals surface area (Å²) in [5.41, 5.74) is 0. The molecule has 91 valence electrons. The second-order valence-electron chi connectivity index (χ2n) is 3.26. The van der Waals surface area contributed by atoms with Gasteiger partial charge in [0.2, 0.25) is 0 Å². The summed E-state index contributed by atoms with van der Waals surface area (Å²) >= 11 is 0. The smallest absolute Gasteiger partial charge is 0.550 e. The molecule has 0 aromatic heterocycles. The summed E-state index contributed by atoms with van der Waals surface area (Å²) in [5.74, 6) is -2.50. The fraction of sp³-hybridized carbons (Fsp3) is 0.800. The van der Waals surface area contributed by atoms with Crippen LogP contribution in [0.25, 0.3) is 0 Å². The normalized spacial score (nSPS) is 12.5. The Hall–Kier alpha value is -0.554. The van der Waals surface area contributed by atoms with Crippen molar-refractivity contribution in [1.29, 1.82) is 0 Å². The zero-order valence-electron chi connectivity index (χ0n) is 9.54. The van der Waals surface area contributed by atoms with Gasteiger partial charge in [-0.05, 0) is 24.7 Å². The van der Waals surface area contributed by atoms with Gasteiger partial charge in [-0.25, -0.2) is 0 Å². The first-order chi connectivity index (χ1) is 6.36. The van der Waals surface area contributed by atoms with Crippen molar-refractivity contribution in [3.05, 3.63) is 0 Å². The maximum Gasteiger partial charge on any atom is 2.00 e. The van der Waals surface area contributed by atoms with Gasteiger partial charge in [0, 0.05) is 11.9 Å². The van der Waals surface area contributed by atoms with Crippen LogP contribution in [0.5, 0.6) is 0 Å². The number of carboxylic acid groups (broad SMARTS) is 2. The molecule has 0 aromatic rings. The van der Waals surface area contributed by atoms with Crippen LogP contribution in [0.15, 0.2) is 0 Å². The molecule has 0 spiro atoms. The van der Waals surface area contributed by atoms with Gasteiger partial charge in [-0.3, -0.25) is 0 Å². The van der Waals surface area contributed by atoms with Crippen LogP contribution in [0.3, 0.4) is 0 Å². The van der Waals surface area contributed by atoms with Gasteiger partial charge in [0.1, 0.15) is 0 Å². The van der Waals surface area contributed by atoms with Crippen LogP contribution in [-0.2, 0) is 26.4 Å². The molecule has 0 saturated heterocycles. The van der Waals surface area contributed by atoms with Gasteiger partial charge < -0.3 is 19.8 Å². The van der Waals surface area contributed by atoms with E-state index in [1.807, 2.05) is 13.8 Å². The molecule has 0 rings (SSSR count). The molecule has 0 amide bonds. The minimum atomic E-state index is -0.956. The SMILES string of the molecule is CC[C@@H](C)C(=O)[O-].CC[C@@H](C)C(=O)[O-].[Co+2]. The Morgan fingerprint density at radius 1 is 0.933 bits per heavy atom. The van der Waals surface area contributed by atoms with E-state index in [2.05, 4.69) is 0 Å². The Morgan fingerprint density at radius 3 is 1.13 bits per heavy atom. The Balaban J connectivity index is -0.000000180. The van der Waals surface area contributed by atoms with Crippen molar-refractivity contribution in [1.82, 2.24) is 0 Å². The molecule has 0 aliphatic carbocycles. The predicted octanol–water partition coefficient (Wildman–Crippen LogP) is -0.438. The van der Waals surface area contributed by atoms with E-state index in [0.717, 1.165) is 0 Å². The number of carbonyl (C=O) groups excluding carboxylic acids is 2. The summed E-state index contributed by atoms with van der Waals surface area (Å²) in [4.78, 5) is 19.6. The summed E-state index contributed by atoms with van der Waals surface area (Å²) in [6.07, 6.45) is 1.31. The molecule has 0 bridgehead atoms. The third kappa shape index (κ3) is 13.4. The number of hydrogen-bond acceptors (Lipinski definition) is 4. The van der Waals surface area contributed by atoms with Gasteiger partial charge in [0.15, 0.2) is 0 Å². The molecule has 0 unspecified atom stereocenters. The third-order valence-electron chi connectivity index (χ3n) is 2.03. The monoisotopic (exact) mass is 261 g/mol. The molecule has 0 aromatic carbocycles. The van der Waals surface area contributed by atoms with E-state index in [1.54, 1.807) is 13.8 Å². The van der Waals surface area contributed by atoms with Crippen LogP contribution in [0.2, 0.25) is 0 Å². The van der Waals surface area contributed by atoms with Crippen molar-refractivity contribution in [3.63, 3.8) is 0 Å². The van der Waals surface area contributed by atoms with Crippen LogP contribution in [-0.4, -0.2) is 11.9 Å². The molecule has 0 saturated carbocycles. The minimum absolute atomic E-state index is 0. The Kier molecular flexibility index (Phi) is 15.3. The molecular weight excluding hydrogens is 243 g/mol. The van der Waals surface area contributed by atoms with E-state index < -0.39 is 11.9 Å². The van der Waals surface area contributed by atoms with Crippen LogP contribution < -0.4 is 10.2 Å². The third-order valence-corrected chi connectivity index (χ3v) is 2.03. The first kappa shape index (κ1) is 19.9. The topological polar surface area (TPSA) is 80.3 Å². The summed E-state index contributed by atoms with van der Waals surface area (Å²) in [6.45, 7) is 6.91. The summed E-state index contributed by atoms with van der Waals surface area (Å²) in [5, 5.41) is 19.6. The summed E-state index contributed by atoms with van der Waals surface area (Å²) < 4.78 is 0. The molecule has 0 heterocycles. The van der Waals surface area contributed by atoms with E-state index in [9.17, 15) is 19.8 Å². The maximum absolute atomic E-state index is 9.82. The van der Waals surface area contributed by atoms with Crippen LogP contribution in [0.4, 0.5) is 0 Å². The average Bonchev–Trinajstić information content (AvgIpc) is 2.15. The van der Waals surface area contributed by atoms with Crippen molar-refractivity contribution in [2.45, 2.75) is 40.5 Å². The van der Waals surface area contributed by atoms with Crippen molar-refractivity contribution in [3.8, 4) is 0 Å².